The standard InChI is InChI=1S/C19H15ClN4/c1-13-7-8-15(11-17(13)20)22-19-21-12-14-9-10-24(18(14)23-19)16-5-3-2-4-6-16/h2-12H,1H3,(H,21,22,23). The van der Waals surface area contributed by atoms with Gasteiger partial charge in [0, 0.05) is 34.2 Å². The van der Waals surface area contributed by atoms with Gasteiger partial charge in [-0.25, -0.2) is 4.98 Å². The molecule has 4 aromatic rings. The lowest BCUT2D eigenvalue weighted by Crippen LogP contribution is -2.00. The van der Waals surface area contributed by atoms with E-state index in [-0.39, 0.29) is 0 Å². The van der Waals surface area contributed by atoms with Gasteiger partial charge >= 0.3 is 0 Å². The highest BCUT2D eigenvalue weighted by molar-refractivity contribution is 6.31. The number of aryl methyl sites for hydroxylation is 1. The molecule has 5 heteroatoms. The van der Waals surface area contributed by atoms with E-state index >= 15 is 0 Å². The fourth-order valence-electron chi connectivity index (χ4n) is 2.57. The van der Waals surface area contributed by atoms with Crippen LogP contribution >= 0.6 is 11.6 Å². The topological polar surface area (TPSA) is 42.7 Å². The molecule has 2 aromatic carbocycles. The zero-order valence-corrected chi connectivity index (χ0v) is 13.8. The summed E-state index contributed by atoms with van der Waals surface area (Å²) in [6.07, 6.45) is 3.82. The number of rotatable bonds is 3. The number of halogens is 1. The first kappa shape index (κ1) is 14.7. The summed E-state index contributed by atoms with van der Waals surface area (Å²) < 4.78 is 2.05. The molecule has 0 bridgehead atoms. The molecule has 4 nitrogen and oxygen atoms in total. The second-order valence-corrected chi connectivity index (χ2v) is 5.99. The van der Waals surface area contributed by atoms with E-state index in [4.69, 9.17) is 11.6 Å². The molecule has 0 saturated carbocycles. The van der Waals surface area contributed by atoms with Crippen molar-refractivity contribution in [1.82, 2.24) is 14.5 Å². The lowest BCUT2D eigenvalue weighted by atomic mass is 10.2. The van der Waals surface area contributed by atoms with Crippen molar-refractivity contribution in [2.24, 2.45) is 0 Å². The van der Waals surface area contributed by atoms with Crippen LogP contribution in [-0.2, 0) is 0 Å². The number of benzene rings is 2. The predicted molar refractivity (Wildman–Crippen MR) is 98.3 cm³/mol. The van der Waals surface area contributed by atoms with E-state index in [2.05, 4.69) is 15.3 Å². The van der Waals surface area contributed by atoms with Gasteiger partial charge in [-0.15, -0.1) is 0 Å². The van der Waals surface area contributed by atoms with Crippen molar-refractivity contribution >= 4 is 34.3 Å². The van der Waals surface area contributed by atoms with E-state index in [1.54, 1.807) is 0 Å². The number of fused-ring (bicyclic) bond motifs is 1. The first-order valence-corrected chi connectivity index (χ1v) is 8.01. The Morgan fingerprint density at radius 3 is 2.67 bits per heavy atom. The Hall–Kier alpha value is -2.85. The number of hydrogen-bond acceptors (Lipinski definition) is 3. The van der Waals surface area contributed by atoms with Crippen molar-refractivity contribution in [2.45, 2.75) is 6.92 Å². The summed E-state index contributed by atoms with van der Waals surface area (Å²) >= 11 is 6.18. The quantitative estimate of drug-likeness (QED) is 0.565. The summed E-state index contributed by atoms with van der Waals surface area (Å²) in [4.78, 5) is 9.04. The van der Waals surface area contributed by atoms with Gasteiger partial charge in [0.1, 0.15) is 5.65 Å². The Bertz CT molecular complexity index is 1010. The number of nitrogens with one attached hydrogen (secondary N) is 1. The highest BCUT2D eigenvalue weighted by Gasteiger charge is 2.07. The van der Waals surface area contributed by atoms with Gasteiger partial charge < -0.3 is 9.88 Å². The molecule has 118 valence electrons. The first-order valence-electron chi connectivity index (χ1n) is 7.63. The monoisotopic (exact) mass is 334 g/mol. The molecule has 0 fully saturated rings. The molecular weight excluding hydrogens is 320 g/mol. The van der Waals surface area contributed by atoms with Crippen molar-refractivity contribution in [3.05, 3.63) is 77.6 Å². The Labute approximate surface area is 144 Å². The summed E-state index contributed by atoms with van der Waals surface area (Å²) in [6, 6.07) is 17.9. The van der Waals surface area contributed by atoms with Crippen LogP contribution in [0.2, 0.25) is 5.02 Å². The zero-order chi connectivity index (χ0) is 16.5. The Balaban J connectivity index is 1.73. The first-order chi connectivity index (χ1) is 11.7. The Morgan fingerprint density at radius 1 is 1.04 bits per heavy atom. The summed E-state index contributed by atoms with van der Waals surface area (Å²) in [7, 11) is 0. The van der Waals surface area contributed by atoms with E-state index < -0.39 is 0 Å². The third-order valence-corrected chi connectivity index (χ3v) is 4.30. The van der Waals surface area contributed by atoms with E-state index in [1.165, 1.54) is 0 Å². The maximum atomic E-state index is 6.18. The number of hydrogen-bond donors (Lipinski definition) is 1. The van der Waals surface area contributed by atoms with Crippen LogP contribution in [0.25, 0.3) is 16.7 Å². The molecule has 0 saturated heterocycles. The second-order valence-electron chi connectivity index (χ2n) is 5.58. The van der Waals surface area contributed by atoms with E-state index in [0.29, 0.717) is 11.0 Å². The average Bonchev–Trinajstić information content (AvgIpc) is 3.02. The van der Waals surface area contributed by atoms with Gasteiger partial charge in [0.2, 0.25) is 5.95 Å². The van der Waals surface area contributed by atoms with Crippen molar-refractivity contribution in [1.29, 1.82) is 0 Å². The van der Waals surface area contributed by atoms with Crippen LogP contribution in [0.3, 0.4) is 0 Å². The summed E-state index contributed by atoms with van der Waals surface area (Å²) in [5.74, 6) is 0.540. The predicted octanol–water partition coefficient (Wildman–Crippen LogP) is 5.13. The lowest BCUT2D eigenvalue weighted by Gasteiger charge is -2.08. The van der Waals surface area contributed by atoms with Crippen LogP contribution in [0, 0.1) is 6.92 Å². The minimum Gasteiger partial charge on any atom is -0.324 e. The number of anilines is 2. The normalized spacial score (nSPS) is 10.9. The van der Waals surface area contributed by atoms with E-state index in [9.17, 15) is 0 Å². The molecule has 0 spiro atoms. The zero-order valence-electron chi connectivity index (χ0n) is 13.1. The summed E-state index contributed by atoms with van der Waals surface area (Å²) in [5.41, 5.74) is 3.83. The molecule has 24 heavy (non-hydrogen) atoms. The highest BCUT2D eigenvalue weighted by atomic mass is 35.5. The molecule has 0 radical (unpaired) electrons. The molecule has 0 aliphatic rings. The molecule has 1 N–H and O–H groups in total. The molecule has 2 heterocycles. The highest BCUT2D eigenvalue weighted by Crippen LogP contribution is 2.23. The van der Waals surface area contributed by atoms with Gasteiger partial charge in [0.15, 0.2) is 0 Å². The van der Waals surface area contributed by atoms with Gasteiger partial charge in [0.05, 0.1) is 0 Å². The maximum Gasteiger partial charge on any atom is 0.229 e. The second kappa shape index (κ2) is 5.98. The van der Waals surface area contributed by atoms with Gasteiger partial charge in [-0.2, -0.15) is 4.98 Å². The molecule has 0 aliphatic heterocycles. The number of para-hydroxylation sites is 1. The van der Waals surface area contributed by atoms with Crippen molar-refractivity contribution in [3.63, 3.8) is 0 Å². The van der Waals surface area contributed by atoms with Crippen LogP contribution in [0.4, 0.5) is 11.6 Å². The van der Waals surface area contributed by atoms with Gasteiger partial charge in [-0.3, -0.25) is 0 Å². The van der Waals surface area contributed by atoms with Crippen LogP contribution in [-0.4, -0.2) is 14.5 Å². The molecule has 0 aliphatic carbocycles. The number of nitrogens with zero attached hydrogens (tertiary/aromatic N) is 3. The number of aromatic nitrogens is 3. The van der Waals surface area contributed by atoms with Crippen LogP contribution in [0.5, 0.6) is 0 Å². The van der Waals surface area contributed by atoms with Crippen LogP contribution in [0.15, 0.2) is 67.0 Å². The van der Waals surface area contributed by atoms with E-state index in [0.717, 1.165) is 28.0 Å². The summed E-state index contributed by atoms with van der Waals surface area (Å²) in [6.45, 7) is 1.97. The Kier molecular flexibility index (Phi) is 3.67. The molecule has 0 unspecified atom stereocenters. The molecule has 2 aromatic heterocycles. The van der Waals surface area contributed by atoms with E-state index in [1.807, 2.05) is 78.5 Å². The third-order valence-electron chi connectivity index (χ3n) is 3.89. The average molecular weight is 335 g/mol. The smallest absolute Gasteiger partial charge is 0.229 e. The minimum atomic E-state index is 0.540. The fraction of sp³-hybridized carbons (Fsp3) is 0.0526. The van der Waals surface area contributed by atoms with Gasteiger partial charge in [-0.1, -0.05) is 35.9 Å². The lowest BCUT2D eigenvalue weighted by molar-refractivity contribution is 1.08. The molecular formula is C19H15ClN4. The maximum absolute atomic E-state index is 6.18. The molecule has 0 atom stereocenters. The summed E-state index contributed by atoms with van der Waals surface area (Å²) in [5, 5.41) is 4.92. The van der Waals surface area contributed by atoms with Crippen LogP contribution < -0.4 is 5.32 Å². The van der Waals surface area contributed by atoms with Crippen molar-refractivity contribution in [3.8, 4) is 5.69 Å². The van der Waals surface area contributed by atoms with Crippen LogP contribution in [0.1, 0.15) is 5.56 Å². The Morgan fingerprint density at radius 2 is 1.88 bits per heavy atom. The molecule has 4 rings (SSSR count). The fourth-order valence-corrected chi connectivity index (χ4v) is 2.76. The van der Waals surface area contributed by atoms with Gasteiger partial charge in [0.25, 0.3) is 0 Å². The minimum absolute atomic E-state index is 0.540. The van der Waals surface area contributed by atoms with Gasteiger partial charge in [-0.05, 0) is 42.8 Å². The van der Waals surface area contributed by atoms with Crippen molar-refractivity contribution in [2.75, 3.05) is 5.32 Å². The largest absolute Gasteiger partial charge is 0.324 e. The molecule has 0 amide bonds. The SMILES string of the molecule is Cc1ccc(Nc2ncc3ccn(-c4ccccc4)c3n2)cc1Cl. The third kappa shape index (κ3) is 2.72. The van der Waals surface area contributed by atoms with Crippen molar-refractivity contribution < 1.29 is 0 Å².